The normalized spacial score (nSPS) is 11.1. The minimum Gasteiger partial charge on any atom is -0.497 e. The predicted octanol–water partition coefficient (Wildman–Crippen LogP) is 3.77. The quantitative estimate of drug-likeness (QED) is 0.538. The zero-order chi connectivity index (χ0) is 21.6. The average molecular weight is 447 g/mol. The van der Waals surface area contributed by atoms with Crippen molar-refractivity contribution in [2.45, 2.75) is 12.2 Å². The van der Waals surface area contributed by atoms with Crippen LogP contribution in [-0.4, -0.2) is 39.3 Å². The Hall–Kier alpha value is -2.91. The number of carbonyl (C=O) groups excluding carboxylic acids is 1. The van der Waals surface area contributed by atoms with E-state index >= 15 is 0 Å². The Labute approximate surface area is 179 Å². The van der Waals surface area contributed by atoms with E-state index in [4.69, 9.17) is 9.47 Å². The molecule has 0 aliphatic carbocycles. The van der Waals surface area contributed by atoms with Crippen LogP contribution in [0.25, 0.3) is 11.3 Å². The molecule has 9 heteroatoms. The van der Waals surface area contributed by atoms with Crippen LogP contribution >= 0.6 is 11.3 Å². The van der Waals surface area contributed by atoms with E-state index in [1.165, 1.54) is 11.3 Å². The fourth-order valence-corrected chi connectivity index (χ4v) is 4.86. The lowest BCUT2D eigenvalue weighted by molar-refractivity contribution is -0.115. The lowest BCUT2D eigenvalue weighted by Gasteiger charge is -2.08. The summed E-state index contributed by atoms with van der Waals surface area (Å²) in [5, 5.41) is 4.86. The Morgan fingerprint density at radius 1 is 1.10 bits per heavy atom. The molecular weight excluding hydrogens is 424 g/mol. The van der Waals surface area contributed by atoms with E-state index in [0.29, 0.717) is 27.9 Å². The Kier molecular flexibility index (Phi) is 7.07. The third-order valence-corrected chi connectivity index (χ3v) is 6.66. The van der Waals surface area contributed by atoms with Crippen LogP contribution < -0.4 is 14.8 Å². The molecule has 0 bridgehead atoms. The van der Waals surface area contributed by atoms with Gasteiger partial charge < -0.3 is 14.8 Å². The fourth-order valence-electron chi connectivity index (χ4n) is 2.80. The Morgan fingerprint density at radius 3 is 2.57 bits per heavy atom. The van der Waals surface area contributed by atoms with Gasteiger partial charge in [0.05, 0.1) is 31.4 Å². The maximum atomic E-state index is 12.3. The third-order valence-electron chi connectivity index (χ3n) is 4.30. The molecule has 0 spiro atoms. The first-order chi connectivity index (χ1) is 14.4. The monoisotopic (exact) mass is 446 g/mol. The highest BCUT2D eigenvalue weighted by molar-refractivity contribution is 7.90. The number of methoxy groups -OCH3 is 2. The molecule has 2 aromatic carbocycles. The number of amides is 1. The Bertz CT molecular complexity index is 1110. The van der Waals surface area contributed by atoms with Gasteiger partial charge in [-0.15, -0.1) is 11.3 Å². The van der Waals surface area contributed by atoms with E-state index in [1.54, 1.807) is 56.0 Å². The van der Waals surface area contributed by atoms with Crippen LogP contribution in [0.5, 0.6) is 11.5 Å². The summed E-state index contributed by atoms with van der Waals surface area (Å²) in [5.41, 5.74) is 2.11. The number of sulfone groups is 1. The van der Waals surface area contributed by atoms with Gasteiger partial charge in [0, 0.05) is 23.4 Å². The molecule has 1 N–H and O–H groups in total. The lowest BCUT2D eigenvalue weighted by Crippen LogP contribution is -2.18. The zero-order valence-electron chi connectivity index (χ0n) is 16.6. The maximum Gasteiger partial charge on any atom is 0.227 e. The van der Waals surface area contributed by atoms with Gasteiger partial charge in [-0.05, 0) is 17.7 Å². The largest absolute Gasteiger partial charge is 0.497 e. The first-order valence-corrected chi connectivity index (χ1v) is 11.8. The second kappa shape index (κ2) is 9.73. The molecule has 0 aliphatic heterocycles. The van der Waals surface area contributed by atoms with Gasteiger partial charge in [-0.25, -0.2) is 13.4 Å². The van der Waals surface area contributed by atoms with Gasteiger partial charge in [0.1, 0.15) is 11.5 Å². The number of nitrogens with one attached hydrogen (secondary N) is 1. The van der Waals surface area contributed by atoms with E-state index in [9.17, 15) is 13.2 Å². The molecule has 0 fully saturated rings. The number of ether oxygens (including phenoxy) is 2. The van der Waals surface area contributed by atoms with Gasteiger partial charge in [0.15, 0.2) is 15.0 Å². The van der Waals surface area contributed by atoms with Crippen LogP contribution in [0.4, 0.5) is 5.13 Å². The minimum atomic E-state index is -3.38. The first kappa shape index (κ1) is 21.8. The molecule has 0 radical (unpaired) electrons. The summed E-state index contributed by atoms with van der Waals surface area (Å²) in [6, 6.07) is 14.3. The summed E-state index contributed by atoms with van der Waals surface area (Å²) in [4.78, 5) is 16.6. The highest BCUT2D eigenvalue weighted by atomic mass is 32.2. The van der Waals surface area contributed by atoms with E-state index in [-0.39, 0.29) is 17.9 Å². The Balaban J connectivity index is 1.60. The molecule has 0 atom stereocenters. The Morgan fingerprint density at radius 2 is 1.87 bits per heavy atom. The maximum absolute atomic E-state index is 12.3. The molecule has 0 saturated carbocycles. The molecule has 0 unspecified atom stereocenters. The van der Waals surface area contributed by atoms with Crippen molar-refractivity contribution < 1.29 is 22.7 Å². The number of anilines is 1. The molecule has 7 nitrogen and oxygen atoms in total. The molecule has 1 aromatic heterocycles. The topological polar surface area (TPSA) is 94.6 Å². The smallest absolute Gasteiger partial charge is 0.227 e. The molecule has 158 valence electrons. The van der Waals surface area contributed by atoms with Crippen LogP contribution in [-0.2, 0) is 20.4 Å². The highest BCUT2D eigenvalue weighted by Crippen LogP contribution is 2.34. The van der Waals surface area contributed by atoms with Crippen molar-refractivity contribution in [1.82, 2.24) is 4.98 Å². The number of rotatable bonds is 9. The van der Waals surface area contributed by atoms with Crippen molar-refractivity contribution in [1.29, 1.82) is 0 Å². The molecule has 0 saturated heterocycles. The van der Waals surface area contributed by atoms with Gasteiger partial charge in [0.25, 0.3) is 0 Å². The standard InChI is InChI=1S/C21H22N2O5S2/c1-27-16-8-9-17(19(12-16)28-2)18-13-29-21(22-18)23-20(24)10-11-30(25,26)14-15-6-4-3-5-7-15/h3-9,12-13H,10-11,14H2,1-2H3,(H,22,23,24). The molecule has 3 rings (SSSR count). The summed E-state index contributed by atoms with van der Waals surface area (Å²) >= 11 is 1.26. The predicted molar refractivity (Wildman–Crippen MR) is 118 cm³/mol. The van der Waals surface area contributed by atoms with Crippen molar-refractivity contribution in [2.75, 3.05) is 25.3 Å². The van der Waals surface area contributed by atoms with Crippen LogP contribution in [0.2, 0.25) is 0 Å². The number of nitrogens with zero attached hydrogens (tertiary/aromatic N) is 1. The molecule has 1 heterocycles. The summed E-state index contributed by atoms with van der Waals surface area (Å²) in [5.74, 6) is 0.563. The van der Waals surface area contributed by atoms with Crippen molar-refractivity contribution in [3.05, 3.63) is 59.5 Å². The van der Waals surface area contributed by atoms with E-state index in [2.05, 4.69) is 10.3 Å². The number of benzene rings is 2. The number of carbonyl (C=O) groups is 1. The SMILES string of the molecule is COc1ccc(-c2csc(NC(=O)CCS(=O)(=O)Cc3ccccc3)n2)c(OC)c1. The summed E-state index contributed by atoms with van der Waals surface area (Å²) in [6.45, 7) is 0. The summed E-state index contributed by atoms with van der Waals surface area (Å²) in [6.07, 6.45) is -0.129. The minimum absolute atomic E-state index is 0.0835. The first-order valence-electron chi connectivity index (χ1n) is 9.12. The van der Waals surface area contributed by atoms with Crippen LogP contribution in [0.3, 0.4) is 0 Å². The summed E-state index contributed by atoms with van der Waals surface area (Å²) in [7, 11) is -0.249. The average Bonchev–Trinajstić information content (AvgIpc) is 3.20. The summed E-state index contributed by atoms with van der Waals surface area (Å²) < 4.78 is 35.1. The highest BCUT2D eigenvalue weighted by Gasteiger charge is 2.16. The van der Waals surface area contributed by atoms with Gasteiger partial charge in [0.2, 0.25) is 5.91 Å². The van der Waals surface area contributed by atoms with Crippen molar-refractivity contribution >= 4 is 32.2 Å². The number of hydrogen-bond donors (Lipinski definition) is 1. The van der Waals surface area contributed by atoms with Gasteiger partial charge >= 0.3 is 0 Å². The number of thiazole rings is 1. The second-order valence-electron chi connectivity index (χ2n) is 6.48. The van der Waals surface area contributed by atoms with Crippen LogP contribution in [0, 0.1) is 0 Å². The van der Waals surface area contributed by atoms with E-state index in [1.807, 2.05) is 12.1 Å². The van der Waals surface area contributed by atoms with Gasteiger partial charge in [-0.3, -0.25) is 4.79 Å². The van der Waals surface area contributed by atoms with Gasteiger partial charge in [-0.2, -0.15) is 0 Å². The van der Waals surface area contributed by atoms with Crippen molar-refractivity contribution in [3.63, 3.8) is 0 Å². The van der Waals surface area contributed by atoms with Crippen LogP contribution in [0.1, 0.15) is 12.0 Å². The van der Waals surface area contributed by atoms with Crippen molar-refractivity contribution in [2.24, 2.45) is 0 Å². The van der Waals surface area contributed by atoms with E-state index in [0.717, 1.165) is 5.56 Å². The lowest BCUT2D eigenvalue weighted by atomic mass is 10.1. The second-order valence-corrected chi connectivity index (χ2v) is 9.52. The molecule has 0 aliphatic rings. The molecule has 3 aromatic rings. The van der Waals surface area contributed by atoms with E-state index < -0.39 is 15.7 Å². The van der Waals surface area contributed by atoms with Gasteiger partial charge in [-0.1, -0.05) is 30.3 Å². The molecule has 1 amide bonds. The fraction of sp³-hybridized carbons (Fsp3) is 0.238. The number of aromatic nitrogens is 1. The molecular formula is C21H22N2O5S2. The molecule has 30 heavy (non-hydrogen) atoms. The van der Waals surface area contributed by atoms with Crippen LogP contribution in [0.15, 0.2) is 53.9 Å². The third kappa shape index (κ3) is 5.80. The van der Waals surface area contributed by atoms with Crippen molar-refractivity contribution in [3.8, 4) is 22.8 Å². The zero-order valence-corrected chi connectivity index (χ0v) is 18.3. The number of hydrogen-bond acceptors (Lipinski definition) is 7.